The Morgan fingerprint density at radius 2 is 1.67 bits per heavy atom. The van der Waals surface area contributed by atoms with Crippen LogP contribution in [-0.4, -0.2) is 16.2 Å². The first kappa shape index (κ1) is 14.5. The second kappa shape index (κ2) is 6.60. The zero-order valence-electron chi connectivity index (χ0n) is 12.8. The Morgan fingerprint density at radius 3 is 2.46 bits per heavy atom. The highest BCUT2D eigenvalue weighted by atomic mass is 32.1. The molecule has 4 nitrogen and oxygen atoms in total. The van der Waals surface area contributed by atoms with Crippen LogP contribution in [0.25, 0.3) is 21.3 Å². The summed E-state index contributed by atoms with van der Waals surface area (Å²) in [4.78, 5) is 9.68. The lowest BCUT2D eigenvalue weighted by atomic mass is 10.1. The Balaban J connectivity index is 1.71. The number of nitrogens with one attached hydrogen (secondary N) is 1. The predicted molar refractivity (Wildman–Crippen MR) is 101 cm³/mol. The first-order valence-corrected chi connectivity index (χ1v) is 8.41. The normalized spacial score (nSPS) is 11.2. The van der Waals surface area contributed by atoms with Gasteiger partial charge in [-0.3, -0.25) is 5.43 Å². The van der Waals surface area contributed by atoms with E-state index in [1.807, 2.05) is 48.5 Å². The van der Waals surface area contributed by atoms with Gasteiger partial charge in [0.1, 0.15) is 11.2 Å². The summed E-state index contributed by atoms with van der Waals surface area (Å²) in [6.07, 6.45) is 3.34. The molecule has 0 fully saturated rings. The minimum atomic E-state index is 0.715. The largest absolute Gasteiger partial charge is 0.261 e. The SMILES string of the molecule is C(=N\Nc1ncnc2scc(-c3ccccc3)c12)/c1ccccc1. The molecule has 0 aliphatic carbocycles. The van der Waals surface area contributed by atoms with Gasteiger partial charge in [0.15, 0.2) is 5.82 Å². The van der Waals surface area contributed by atoms with Gasteiger partial charge in [-0.1, -0.05) is 60.7 Å². The zero-order chi connectivity index (χ0) is 16.2. The molecular weight excluding hydrogens is 316 g/mol. The molecule has 1 N–H and O–H groups in total. The van der Waals surface area contributed by atoms with E-state index in [9.17, 15) is 0 Å². The van der Waals surface area contributed by atoms with Gasteiger partial charge in [0.05, 0.1) is 11.6 Å². The van der Waals surface area contributed by atoms with Crippen molar-refractivity contribution in [2.75, 3.05) is 5.43 Å². The fourth-order valence-corrected chi connectivity index (χ4v) is 3.41. The Labute approximate surface area is 143 Å². The van der Waals surface area contributed by atoms with Gasteiger partial charge < -0.3 is 0 Å². The van der Waals surface area contributed by atoms with Crippen molar-refractivity contribution in [1.29, 1.82) is 0 Å². The van der Waals surface area contributed by atoms with Crippen LogP contribution in [0.2, 0.25) is 0 Å². The van der Waals surface area contributed by atoms with Crippen molar-refractivity contribution in [3.8, 4) is 11.1 Å². The van der Waals surface area contributed by atoms with Crippen LogP contribution in [0.5, 0.6) is 0 Å². The summed E-state index contributed by atoms with van der Waals surface area (Å²) in [5.41, 5.74) is 6.35. The maximum atomic E-state index is 4.37. The fourth-order valence-electron chi connectivity index (χ4n) is 2.50. The van der Waals surface area contributed by atoms with Crippen molar-refractivity contribution in [2.45, 2.75) is 0 Å². The molecule has 2 aromatic carbocycles. The minimum Gasteiger partial charge on any atom is -0.261 e. The van der Waals surface area contributed by atoms with Gasteiger partial charge in [-0.25, -0.2) is 9.97 Å². The summed E-state index contributed by atoms with van der Waals surface area (Å²) in [7, 11) is 0. The fraction of sp³-hybridized carbons (Fsp3) is 0. The standard InChI is InChI=1S/C19H14N4S/c1-3-7-14(8-4-1)11-22-23-18-17-16(15-9-5-2-6-10-15)12-24-19(17)21-13-20-18/h1-13H,(H,20,21,23)/b22-11+. The molecule has 0 bridgehead atoms. The highest BCUT2D eigenvalue weighted by Gasteiger charge is 2.12. The summed E-state index contributed by atoms with van der Waals surface area (Å²) in [6.45, 7) is 0. The van der Waals surface area contributed by atoms with Crippen molar-refractivity contribution in [3.05, 3.63) is 77.9 Å². The monoisotopic (exact) mass is 330 g/mol. The Kier molecular flexibility index (Phi) is 4.00. The lowest BCUT2D eigenvalue weighted by Crippen LogP contribution is -1.95. The van der Waals surface area contributed by atoms with E-state index in [1.54, 1.807) is 23.9 Å². The number of fused-ring (bicyclic) bond motifs is 1. The third-order valence-corrected chi connectivity index (χ3v) is 4.53. The average Bonchev–Trinajstić information content (AvgIpc) is 3.08. The van der Waals surface area contributed by atoms with Gasteiger partial charge in [0.25, 0.3) is 0 Å². The molecule has 2 aromatic heterocycles. The van der Waals surface area contributed by atoms with Crippen molar-refractivity contribution < 1.29 is 0 Å². The Bertz CT molecular complexity index is 978. The zero-order valence-corrected chi connectivity index (χ0v) is 13.6. The maximum absolute atomic E-state index is 4.37. The summed E-state index contributed by atoms with van der Waals surface area (Å²) < 4.78 is 0. The molecule has 0 unspecified atom stereocenters. The Morgan fingerprint density at radius 1 is 0.917 bits per heavy atom. The van der Waals surface area contributed by atoms with Crippen LogP contribution in [-0.2, 0) is 0 Å². The van der Waals surface area contributed by atoms with E-state index in [0.717, 1.165) is 26.9 Å². The van der Waals surface area contributed by atoms with E-state index < -0.39 is 0 Å². The van der Waals surface area contributed by atoms with E-state index in [-0.39, 0.29) is 0 Å². The summed E-state index contributed by atoms with van der Waals surface area (Å²) in [5.74, 6) is 0.715. The van der Waals surface area contributed by atoms with Crippen LogP contribution in [0.1, 0.15) is 5.56 Å². The number of aromatic nitrogens is 2. The molecule has 0 spiro atoms. The molecular formula is C19H14N4S. The van der Waals surface area contributed by atoms with Crippen LogP contribution in [0, 0.1) is 0 Å². The Hall–Kier alpha value is -3.05. The van der Waals surface area contributed by atoms with Gasteiger partial charge in [-0.2, -0.15) is 5.10 Å². The van der Waals surface area contributed by atoms with E-state index in [4.69, 9.17) is 0 Å². The molecule has 0 amide bonds. The number of nitrogens with zero attached hydrogens (tertiary/aromatic N) is 3. The molecule has 5 heteroatoms. The third-order valence-electron chi connectivity index (χ3n) is 3.64. The van der Waals surface area contributed by atoms with Gasteiger partial charge in [-0.15, -0.1) is 11.3 Å². The van der Waals surface area contributed by atoms with E-state index in [1.165, 1.54) is 0 Å². The average molecular weight is 330 g/mol. The molecule has 0 radical (unpaired) electrons. The molecule has 0 saturated carbocycles. The first-order chi connectivity index (χ1) is 11.9. The molecule has 0 saturated heterocycles. The molecule has 0 aliphatic heterocycles. The van der Waals surface area contributed by atoms with Gasteiger partial charge in [0, 0.05) is 10.9 Å². The molecule has 24 heavy (non-hydrogen) atoms. The number of anilines is 1. The molecule has 0 atom stereocenters. The van der Waals surface area contributed by atoms with Crippen LogP contribution in [0.4, 0.5) is 5.82 Å². The molecule has 4 rings (SSSR count). The number of rotatable bonds is 4. The van der Waals surface area contributed by atoms with Crippen LogP contribution in [0.3, 0.4) is 0 Å². The lowest BCUT2D eigenvalue weighted by molar-refractivity contribution is 1.19. The topological polar surface area (TPSA) is 50.2 Å². The second-order valence-corrected chi connectivity index (χ2v) is 6.06. The summed E-state index contributed by atoms with van der Waals surface area (Å²) >= 11 is 1.61. The second-order valence-electron chi connectivity index (χ2n) is 5.20. The van der Waals surface area contributed by atoms with E-state index >= 15 is 0 Å². The van der Waals surface area contributed by atoms with Crippen LogP contribution >= 0.6 is 11.3 Å². The minimum absolute atomic E-state index is 0.715. The van der Waals surface area contributed by atoms with Crippen LogP contribution < -0.4 is 5.43 Å². The summed E-state index contributed by atoms with van der Waals surface area (Å²) in [5, 5.41) is 7.43. The quantitative estimate of drug-likeness (QED) is 0.432. The molecule has 2 heterocycles. The highest BCUT2D eigenvalue weighted by Crippen LogP contribution is 2.36. The van der Waals surface area contributed by atoms with Gasteiger partial charge in [0.2, 0.25) is 0 Å². The summed E-state index contributed by atoms with van der Waals surface area (Å²) in [6, 6.07) is 20.2. The number of benzene rings is 2. The highest BCUT2D eigenvalue weighted by molar-refractivity contribution is 7.17. The third kappa shape index (κ3) is 2.89. The molecule has 0 aliphatic rings. The van der Waals surface area contributed by atoms with Crippen molar-refractivity contribution in [3.63, 3.8) is 0 Å². The van der Waals surface area contributed by atoms with Gasteiger partial charge in [-0.05, 0) is 11.1 Å². The number of hydrazone groups is 1. The van der Waals surface area contributed by atoms with E-state index in [2.05, 4.69) is 38.0 Å². The number of hydrogen-bond donors (Lipinski definition) is 1. The smallest absolute Gasteiger partial charge is 0.159 e. The van der Waals surface area contributed by atoms with Gasteiger partial charge >= 0.3 is 0 Å². The molecule has 4 aromatic rings. The first-order valence-electron chi connectivity index (χ1n) is 7.53. The number of hydrogen-bond acceptors (Lipinski definition) is 5. The predicted octanol–water partition coefficient (Wildman–Crippen LogP) is 4.80. The number of thiophene rings is 1. The molecule has 116 valence electrons. The van der Waals surface area contributed by atoms with Crippen molar-refractivity contribution in [1.82, 2.24) is 9.97 Å². The van der Waals surface area contributed by atoms with E-state index in [0.29, 0.717) is 5.82 Å². The van der Waals surface area contributed by atoms with Crippen molar-refractivity contribution in [2.24, 2.45) is 5.10 Å². The van der Waals surface area contributed by atoms with Crippen LogP contribution in [0.15, 0.2) is 77.5 Å². The maximum Gasteiger partial charge on any atom is 0.159 e. The lowest BCUT2D eigenvalue weighted by Gasteiger charge is -2.04. The van der Waals surface area contributed by atoms with Crippen molar-refractivity contribution >= 4 is 33.6 Å².